The molecule has 0 aromatic carbocycles. The van der Waals surface area contributed by atoms with Crippen molar-refractivity contribution in [1.82, 2.24) is 5.32 Å². The van der Waals surface area contributed by atoms with E-state index in [-0.39, 0.29) is 12.5 Å². The van der Waals surface area contributed by atoms with E-state index in [4.69, 9.17) is 9.47 Å². The minimum Gasteiger partial charge on any atom is -0.394 e. The molecule has 328 valence electrons. The van der Waals surface area contributed by atoms with Crippen LogP contribution in [0, 0.1) is 0 Å². The Morgan fingerprint density at radius 1 is 0.625 bits per heavy atom. The average Bonchev–Trinajstić information content (AvgIpc) is 3.20. The van der Waals surface area contributed by atoms with Gasteiger partial charge in [0.15, 0.2) is 6.29 Å². The van der Waals surface area contributed by atoms with Crippen LogP contribution < -0.4 is 5.32 Å². The van der Waals surface area contributed by atoms with Crippen LogP contribution in [0.4, 0.5) is 0 Å². The summed E-state index contributed by atoms with van der Waals surface area (Å²) in [7, 11) is 0. The van der Waals surface area contributed by atoms with E-state index in [2.05, 4.69) is 55.6 Å². The lowest BCUT2D eigenvalue weighted by atomic mass is 9.99. The van der Waals surface area contributed by atoms with Gasteiger partial charge in [-0.2, -0.15) is 0 Å². The van der Waals surface area contributed by atoms with Crippen LogP contribution in [0.3, 0.4) is 0 Å². The largest absolute Gasteiger partial charge is 0.394 e. The first-order valence-electron chi connectivity index (χ1n) is 23.2. The molecular weight excluding hydrogens is 707 g/mol. The minimum absolute atomic E-state index is 0.145. The molecule has 6 N–H and O–H groups in total. The monoisotopic (exact) mass is 794 g/mol. The zero-order valence-corrected chi connectivity index (χ0v) is 35.9. The van der Waals surface area contributed by atoms with Crippen LogP contribution in [0.5, 0.6) is 0 Å². The Kier molecular flexibility index (Phi) is 35.3. The van der Waals surface area contributed by atoms with Gasteiger partial charge in [-0.1, -0.05) is 185 Å². The zero-order valence-electron chi connectivity index (χ0n) is 35.9. The van der Waals surface area contributed by atoms with Gasteiger partial charge in [0.2, 0.25) is 5.91 Å². The van der Waals surface area contributed by atoms with E-state index in [0.29, 0.717) is 12.8 Å². The Hall–Kier alpha value is -1.59. The first kappa shape index (κ1) is 52.4. The third-order valence-corrected chi connectivity index (χ3v) is 11.0. The van der Waals surface area contributed by atoms with Crippen molar-refractivity contribution < 1.29 is 39.8 Å². The molecule has 1 heterocycles. The van der Waals surface area contributed by atoms with E-state index in [0.717, 1.165) is 77.0 Å². The standard InChI is InChI=1S/C47H87NO8/c1-3-5-7-9-11-13-15-17-19-20-21-23-24-26-28-30-32-34-36-41(50)40(39-55-47-46(54)45(53)44(52)42(38-49)56-47)48-43(51)37-35-33-31-29-27-25-22-18-16-14-12-10-8-6-4-2/h6,8,12,14,18,22,40-42,44-47,49-50,52-54H,3-5,7,9-11,13,15-17,19-21,23-39H2,1-2H3,(H,48,51)/b8-6-,14-12-,22-18-. The summed E-state index contributed by atoms with van der Waals surface area (Å²) < 4.78 is 11.3. The van der Waals surface area contributed by atoms with E-state index in [1.807, 2.05) is 0 Å². The lowest BCUT2D eigenvalue weighted by Crippen LogP contribution is -2.60. The summed E-state index contributed by atoms with van der Waals surface area (Å²) in [5, 5.41) is 54.4. The second-order valence-corrected chi connectivity index (χ2v) is 16.2. The molecule has 9 heteroatoms. The fraction of sp³-hybridized carbons (Fsp3) is 0.851. The van der Waals surface area contributed by atoms with Crippen molar-refractivity contribution >= 4 is 5.91 Å². The average molecular weight is 794 g/mol. The van der Waals surface area contributed by atoms with Crippen molar-refractivity contribution in [1.29, 1.82) is 0 Å². The number of unbranched alkanes of at least 4 members (excludes halogenated alkanes) is 22. The lowest BCUT2D eigenvalue weighted by molar-refractivity contribution is -0.302. The van der Waals surface area contributed by atoms with Gasteiger partial charge >= 0.3 is 0 Å². The van der Waals surface area contributed by atoms with Crippen LogP contribution in [0.25, 0.3) is 0 Å². The van der Waals surface area contributed by atoms with Gasteiger partial charge in [-0.05, 0) is 44.9 Å². The molecule has 0 saturated carbocycles. The van der Waals surface area contributed by atoms with Crippen LogP contribution in [-0.2, 0) is 14.3 Å². The summed E-state index contributed by atoms with van der Waals surface area (Å²) in [6.07, 6.45) is 38.6. The highest BCUT2D eigenvalue weighted by molar-refractivity contribution is 5.76. The van der Waals surface area contributed by atoms with E-state index in [1.54, 1.807) is 0 Å². The fourth-order valence-electron chi connectivity index (χ4n) is 7.29. The van der Waals surface area contributed by atoms with Crippen molar-refractivity contribution in [3.8, 4) is 0 Å². The van der Waals surface area contributed by atoms with Crippen LogP contribution >= 0.6 is 0 Å². The molecule has 1 saturated heterocycles. The fourth-order valence-corrected chi connectivity index (χ4v) is 7.29. The van der Waals surface area contributed by atoms with Gasteiger partial charge < -0.3 is 40.3 Å². The molecule has 0 radical (unpaired) electrons. The third kappa shape index (κ3) is 27.9. The van der Waals surface area contributed by atoms with Crippen molar-refractivity contribution in [3.05, 3.63) is 36.5 Å². The predicted molar refractivity (Wildman–Crippen MR) is 230 cm³/mol. The number of carbonyl (C=O) groups is 1. The van der Waals surface area contributed by atoms with Crippen LogP contribution in [0.15, 0.2) is 36.5 Å². The highest BCUT2D eigenvalue weighted by atomic mass is 16.7. The molecule has 1 rings (SSSR count). The topological polar surface area (TPSA) is 149 Å². The van der Waals surface area contributed by atoms with Gasteiger partial charge in [0.05, 0.1) is 25.4 Å². The number of ether oxygens (including phenoxy) is 2. The summed E-state index contributed by atoms with van der Waals surface area (Å²) in [5.74, 6) is -0.162. The molecule has 7 unspecified atom stereocenters. The van der Waals surface area contributed by atoms with E-state index in [1.165, 1.54) is 96.3 Å². The SMILES string of the molecule is CC/C=C\C/C=C\C/C=C\CCCCCCCC(=O)NC(COC1OC(CO)C(O)C(O)C1O)C(O)CCCCCCCCCCCCCCCCCCCC. The Balaban J connectivity index is 2.33. The lowest BCUT2D eigenvalue weighted by Gasteiger charge is -2.40. The highest BCUT2D eigenvalue weighted by Crippen LogP contribution is 2.23. The predicted octanol–water partition coefficient (Wildman–Crippen LogP) is 9.67. The highest BCUT2D eigenvalue weighted by Gasteiger charge is 2.44. The van der Waals surface area contributed by atoms with Crippen LogP contribution in [-0.4, -0.2) is 87.5 Å². The number of hydrogen-bond acceptors (Lipinski definition) is 8. The molecule has 0 bridgehead atoms. The number of hydrogen-bond donors (Lipinski definition) is 6. The second kappa shape index (κ2) is 37.7. The van der Waals surface area contributed by atoms with E-state index in [9.17, 15) is 30.3 Å². The van der Waals surface area contributed by atoms with Crippen molar-refractivity contribution in [2.75, 3.05) is 13.2 Å². The van der Waals surface area contributed by atoms with Crippen molar-refractivity contribution in [2.45, 2.75) is 243 Å². The zero-order chi connectivity index (χ0) is 40.9. The maximum atomic E-state index is 13.0. The van der Waals surface area contributed by atoms with Gasteiger partial charge in [0, 0.05) is 6.42 Å². The molecule has 1 amide bonds. The van der Waals surface area contributed by atoms with Crippen LogP contribution in [0.1, 0.15) is 200 Å². The Labute approximate surface area is 342 Å². The van der Waals surface area contributed by atoms with Gasteiger partial charge in [0.1, 0.15) is 24.4 Å². The number of rotatable bonds is 38. The molecule has 1 aliphatic rings. The third-order valence-electron chi connectivity index (χ3n) is 11.0. The Morgan fingerprint density at radius 3 is 1.64 bits per heavy atom. The van der Waals surface area contributed by atoms with Crippen molar-refractivity contribution in [2.24, 2.45) is 0 Å². The Morgan fingerprint density at radius 2 is 1.11 bits per heavy atom. The number of allylic oxidation sites excluding steroid dienone is 6. The number of amides is 1. The molecule has 0 aromatic heterocycles. The molecule has 1 fully saturated rings. The molecule has 7 atom stereocenters. The molecule has 0 spiro atoms. The normalized spacial score (nSPS) is 21.4. The number of carbonyl (C=O) groups excluding carboxylic acids is 1. The summed E-state index contributed by atoms with van der Waals surface area (Å²) in [6, 6.07) is -0.727. The maximum Gasteiger partial charge on any atom is 0.220 e. The first-order valence-corrected chi connectivity index (χ1v) is 23.2. The molecular formula is C47H87NO8. The quantitative estimate of drug-likeness (QED) is 0.0268. The summed E-state index contributed by atoms with van der Waals surface area (Å²) in [4.78, 5) is 13.0. The van der Waals surface area contributed by atoms with Crippen LogP contribution in [0.2, 0.25) is 0 Å². The summed E-state index contributed by atoms with van der Waals surface area (Å²) >= 11 is 0. The van der Waals surface area contributed by atoms with Gasteiger partial charge in [-0.3, -0.25) is 4.79 Å². The summed E-state index contributed by atoms with van der Waals surface area (Å²) in [5.41, 5.74) is 0. The molecule has 0 aromatic rings. The maximum absolute atomic E-state index is 13.0. The van der Waals surface area contributed by atoms with Crippen molar-refractivity contribution in [3.63, 3.8) is 0 Å². The first-order chi connectivity index (χ1) is 27.3. The smallest absolute Gasteiger partial charge is 0.220 e. The van der Waals surface area contributed by atoms with Gasteiger partial charge in [-0.25, -0.2) is 0 Å². The molecule has 1 aliphatic heterocycles. The molecule has 9 nitrogen and oxygen atoms in total. The number of aliphatic hydroxyl groups is 5. The number of aliphatic hydroxyl groups excluding tert-OH is 5. The molecule has 56 heavy (non-hydrogen) atoms. The summed E-state index contributed by atoms with van der Waals surface area (Å²) in [6.45, 7) is 3.71. The number of nitrogens with one attached hydrogen (secondary N) is 1. The Bertz CT molecular complexity index is 972. The van der Waals surface area contributed by atoms with E-state index >= 15 is 0 Å². The van der Waals surface area contributed by atoms with E-state index < -0.39 is 49.5 Å². The van der Waals surface area contributed by atoms with Gasteiger partial charge in [0.25, 0.3) is 0 Å². The second-order valence-electron chi connectivity index (χ2n) is 16.2. The minimum atomic E-state index is -1.56. The molecule has 0 aliphatic carbocycles. The van der Waals surface area contributed by atoms with Gasteiger partial charge in [-0.15, -0.1) is 0 Å².